The average molecular weight is 942 g/mol. The Morgan fingerprint density at radius 1 is 0.762 bits per heavy atom. The summed E-state index contributed by atoms with van der Waals surface area (Å²) in [6.45, 7) is 19.8. The van der Waals surface area contributed by atoms with Gasteiger partial charge in [-0.25, -0.2) is 0 Å². The number of carbonyl (C=O) groups is 3. The Hall–Kier alpha value is -2.38. The number of thioether (sulfide) groups is 1. The third-order valence-electron chi connectivity index (χ3n) is 12.4. The highest BCUT2D eigenvalue weighted by atomic mass is 32.2. The van der Waals surface area contributed by atoms with Crippen LogP contribution in [-0.2, 0) is 52.1 Å². The first-order chi connectivity index (χ1) is 29.3. The van der Waals surface area contributed by atoms with E-state index in [1.165, 1.54) is 11.8 Å². The maximum Gasteiger partial charge on any atom is 0.494 e. The summed E-state index contributed by atoms with van der Waals surface area (Å²) in [5.41, 5.74) is -0.838. The molecule has 358 valence electrons. The molecule has 63 heavy (non-hydrogen) atoms. The molecule has 1 aromatic carbocycles. The van der Waals surface area contributed by atoms with E-state index in [4.69, 9.17) is 62.2 Å². The van der Waals surface area contributed by atoms with Crippen molar-refractivity contribution in [3.63, 3.8) is 0 Å². The molecule has 4 atom stereocenters. The minimum atomic E-state index is -1.00. The van der Waals surface area contributed by atoms with Crippen LogP contribution in [0.25, 0.3) is 0 Å². The number of hydrogen-bond donors (Lipinski definition) is 1. The van der Waals surface area contributed by atoms with Crippen LogP contribution in [0.5, 0.6) is 0 Å². The SMILES string of the molecule is CCC(C)(CCC(C)(CCC(CCC(C)(SC(C)=S)C(=O)OCCOC(=S)NC)c1ccc(B2OC(C)(C)C(C)(C)O2)cc1)C(=O)OCCOCCOC)C(=O)OCC[N+](C)(C)C. The lowest BCUT2D eigenvalue weighted by Gasteiger charge is -2.34. The summed E-state index contributed by atoms with van der Waals surface area (Å²) in [6, 6.07) is 8.20. The quantitative estimate of drug-likeness (QED) is 0.0227. The molecule has 1 aliphatic heterocycles. The van der Waals surface area contributed by atoms with Gasteiger partial charge in [0.2, 0.25) is 0 Å². The molecule has 13 nitrogen and oxygen atoms in total. The van der Waals surface area contributed by atoms with Crippen LogP contribution < -0.4 is 10.8 Å². The monoisotopic (exact) mass is 941 g/mol. The number of carbonyl (C=O) groups excluding carboxylic acids is 3. The fraction of sp³-hybridized carbons (Fsp3) is 0.761. The zero-order chi connectivity index (χ0) is 47.7. The standard InChI is InChI=1S/C46H77BN2O11S3/c1-15-44(7,38(50)55-27-26-49(11,12)13)24-25-45(8,39(51)56-31-30-54-29-28-53-14)22-20-36(35-16-18-37(19-17-35)47-59-42(3,4)43(5,6)60-47)21-23-46(9,63-34(2)61)40(52)57-32-33-58-41(62)48-10/h16-19,36H,15,20-33H2,1-14H3/p+1. The number of thiocarbonyl (C=S) groups is 2. The largest absolute Gasteiger partial charge is 0.494 e. The first-order valence-electron chi connectivity index (χ1n) is 22.2. The molecule has 2 rings (SSSR count). The second-order valence-electron chi connectivity index (χ2n) is 19.2. The Morgan fingerprint density at radius 2 is 1.27 bits per heavy atom. The summed E-state index contributed by atoms with van der Waals surface area (Å²) in [5.74, 6) is -1.13. The van der Waals surface area contributed by atoms with Crippen molar-refractivity contribution in [2.45, 2.75) is 129 Å². The van der Waals surface area contributed by atoms with Gasteiger partial charge in [-0.2, -0.15) is 0 Å². The second-order valence-corrected chi connectivity index (χ2v) is 22.2. The molecule has 4 unspecified atom stereocenters. The van der Waals surface area contributed by atoms with Crippen LogP contribution in [0, 0.1) is 10.8 Å². The van der Waals surface area contributed by atoms with Crippen molar-refractivity contribution < 1.29 is 56.6 Å². The Kier molecular flexibility index (Phi) is 23.0. The molecule has 1 saturated heterocycles. The smallest absolute Gasteiger partial charge is 0.467 e. The Morgan fingerprint density at radius 3 is 1.83 bits per heavy atom. The predicted octanol–water partition coefficient (Wildman–Crippen LogP) is 7.19. The Bertz CT molecular complexity index is 1630. The maximum atomic E-state index is 14.2. The van der Waals surface area contributed by atoms with E-state index in [9.17, 15) is 14.4 Å². The molecule has 1 aliphatic rings. The highest BCUT2D eigenvalue weighted by molar-refractivity contribution is 8.24. The summed E-state index contributed by atoms with van der Waals surface area (Å²) in [6.07, 6.45) is 3.38. The van der Waals surface area contributed by atoms with Gasteiger partial charge in [-0.15, -0.1) is 11.8 Å². The number of esters is 3. The summed E-state index contributed by atoms with van der Waals surface area (Å²) in [5, 5.41) is 2.96. The van der Waals surface area contributed by atoms with Gasteiger partial charge in [0.05, 0.1) is 63.0 Å². The van der Waals surface area contributed by atoms with Crippen molar-refractivity contribution in [3.05, 3.63) is 29.8 Å². The number of likely N-dealkylation sites (N-methyl/N-ethyl adjacent to an activating group) is 1. The van der Waals surface area contributed by atoms with Crippen LogP contribution in [0.1, 0.15) is 119 Å². The molecule has 1 N–H and O–H groups in total. The summed E-state index contributed by atoms with van der Waals surface area (Å²) in [4.78, 5) is 41.6. The van der Waals surface area contributed by atoms with Crippen molar-refractivity contribution in [2.24, 2.45) is 10.8 Å². The zero-order valence-electron chi connectivity index (χ0n) is 40.7. The second kappa shape index (κ2) is 25.5. The van der Waals surface area contributed by atoms with Gasteiger partial charge in [-0.3, -0.25) is 14.4 Å². The maximum absolute atomic E-state index is 14.2. The van der Waals surface area contributed by atoms with Crippen molar-refractivity contribution >= 4 is 76.1 Å². The minimum absolute atomic E-state index is 0.0228. The number of ether oxygens (including phenoxy) is 6. The number of methoxy groups -OCH3 is 1. The van der Waals surface area contributed by atoms with E-state index < -0.39 is 39.9 Å². The summed E-state index contributed by atoms with van der Waals surface area (Å²) in [7, 11) is 8.89. The molecule has 0 bridgehead atoms. The lowest BCUT2D eigenvalue weighted by Crippen LogP contribution is -2.41. The van der Waals surface area contributed by atoms with Crippen LogP contribution in [0.4, 0.5) is 0 Å². The molecule has 0 aliphatic carbocycles. The minimum Gasteiger partial charge on any atom is -0.467 e. The van der Waals surface area contributed by atoms with Crippen LogP contribution >= 0.6 is 36.2 Å². The van der Waals surface area contributed by atoms with E-state index >= 15 is 0 Å². The van der Waals surface area contributed by atoms with Gasteiger partial charge in [0, 0.05) is 18.4 Å². The van der Waals surface area contributed by atoms with Gasteiger partial charge in [-0.1, -0.05) is 43.4 Å². The van der Waals surface area contributed by atoms with E-state index in [0.29, 0.717) is 80.0 Å². The molecule has 1 fully saturated rings. The zero-order valence-corrected chi connectivity index (χ0v) is 43.2. The topological polar surface area (TPSA) is 137 Å². The molecular formula is C46H78BN2O11S3+. The van der Waals surface area contributed by atoms with Crippen molar-refractivity contribution in [1.29, 1.82) is 0 Å². The summed E-state index contributed by atoms with van der Waals surface area (Å²) >= 11 is 11.9. The van der Waals surface area contributed by atoms with Crippen molar-refractivity contribution in [3.8, 4) is 0 Å². The highest BCUT2D eigenvalue weighted by Gasteiger charge is 2.52. The number of rotatable bonds is 28. The van der Waals surface area contributed by atoms with Gasteiger partial charge >= 0.3 is 25.0 Å². The molecular weight excluding hydrogens is 864 g/mol. The van der Waals surface area contributed by atoms with Gasteiger partial charge < -0.3 is 47.5 Å². The van der Waals surface area contributed by atoms with Crippen LogP contribution in [0.2, 0.25) is 0 Å². The normalized spacial score (nSPS) is 18.0. The van der Waals surface area contributed by atoms with Crippen LogP contribution in [-0.4, -0.2) is 143 Å². The molecule has 1 heterocycles. The van der Waals surface area contributed by atoms with Gasteiger partial charge in [0.15, 0.2) is 0 Å². The third kappa shape index (κ3) is 18.4. The first kappa shape index (κ1) is 56.8. The van der Waals surface area contributed by atoms with Crippen molar-refractivity contribution in [1.82, 2.24) is 5.32 Å². The lowest BCUT2D eigenvalue weighted by atomic mass is 9.71. The Balaban J connectivity index is 2.49. The van der Waals surface area contributed by atoms with E-state index in [1.807, 2.05) is 67.5 Å². The van der Waals surface area contributed by atoms with Gasteiger partial charge in [0.1, 0.15) is 37.7 Å². The fourth-order valence-electron chi connectivity index (χ4n) is 6.83. The number of hydrogen-bond acceptors (Lipinski definition) is 14. The van der Waals surface area contributed by atoms with Gasteiger partial charge in [0.25, 0.3) is 5.17 Å². The van der Waals surface area contributed by atoms with E-state index in [2.05, 4.69) is 38.6 Å². The molecule has 0 aromatic heterocycles. The van der Waals surface area contributed by atoms with E-state index in [0.717, 1.165) is 11.0 Å². The first-order valence-corrected chi connectivity index (χ1v) is 23.8. The number of nitrogens with one attached hydrogen (secondary N) is 1. The van der Waals surface area contributed by atoms with Crippen LogP contribution in [0.15, 0.2) is 24.3 Å². The Labute approximate surface area is 394 Å². The third-order valence-corrected chi connectivity index (χ3v) is 14.1. The number of nitrogens with zero attached hydrogens (tertiary/aromatic N) is 1. The molecule has 1 aromatic rings. The van der Waals surface area contributed by atoms with Crippen LogP contribution in [0.3, 0.4) is 0 Å². The predicted molar refractivity (Wildman–Crippen MR) is 259 cm³/mol. The summed E-state index contributed by atoms with van der Waals surface area (Å²) < 4.78 is 46.5. The average Bonchev–Trinajstić information content (AvgIpc) is 3.44. The molecule has 0 radical (unpaired) electrons. The fourth-order valence-corrected chi connectivity index (χ4v) is 8.46. The number of benzene rings is 1. The van der Waals surface area contributed by atoms with E-state index in [-0.39, 0.29) is 49.5 Å². The molecule has 0 saturated carbocycles. The lowest BCUT2D eigenvalue weighted by molar-refractivity contribution is -0.870. The van der Waals surface area contributed by atoms with E-state index in [1.54, 1.807) is 21.1 Å². The highest BCUT2D eigenvalue weighted by Crippen LogP contribution is 2.43. The molecule has 0 amide bonds. The molecule has 17 heteroatoms. The molecule has 0 spiro atoms. The van der Waals surface area contributed by atoms with Crippen molar-refractivity contribution in [2.75, 3.05) is 88.1 Å². The number of quaternary nitrogens is 1. The van der Waals surface area contributed by atoms with Gasteiger partial charge in [-0.05, 0) is 129 Å².